The molecule has 2 fully saturated rings. The zero-order valence-electron chi connectivity index (χ0n) is 14.4. The second kappa shape index (κ2) is 6.12. The van der Waals surface area contributed by atoms with E-state index >= 15 is 0 Å². The van der Waals surface area contributed by atoms with Crippen molar-refractivity contribution in [3.05, 3.63) is 18.1 Å². The van der Waals surface area contributed by atoms with Gasteiger partial charge in [-0.2, -0.15) is 5.10 Å². The summed E-state index contributed by atoms with van der Waals surface area (Å²) in [6.45, 7) is 3.31. The Balaban J connectivity index is 1.58. The first-order chi connectivity index (χ1) is 11.6. The predicted octanol–water partition coefficient (Wildman–Crippen LogP) is 1.11. The Morgan fingerprint density at radius 2 is 2.04 bits per heavy atom. The summed E-state index contributed by atoms with van der Waals surface area (Å²) in [6, 6.07) is 0. The molecule has 4 rings (SSSR count). The minimum Gasteiger partial charge on any atom is -0.342 e. The largest absolute Gasteiger partial charge is 0.342 e. The predicted molar refractivity (Wildman–Crippen MR) is 90.5 cm³/mol. The Kier molecular flexibility index (Phi) is 3.96. The fourth-order valence-electron chi connectivity index (χ4n) is 3.42. The maximum absolute atomic E-state index is 12.3. The standard InChI is InChI=1S/C17H24N6O/c1-21(2)9-10-23-16-15(18-6-7-19-16)14(20-23)13-5-8-22(11-13)17(24)12-3-4-12/h6-7,12-13H,3-5,8-11H2,1-2H3. The number of fused-ring (bicyclic) bond motifs is 1. The molecule has 0 N–H and O–H groups in total. The number of carbonyl (C=O) groups is 1. The topological polar surface area (TPSA) is 67.2 Å². The Morgan fingerprint density at radius 1 is 1.25 bits per heavy atom. The average Bonchev–Trinajstić information content (AvgIpc) is 3.20. The molecule has 0 radical (unpaired) electrons. The lowest BCUT2D eigenvalue weighted by atomic mass is 10.0. The van der Waals surface area contributed by atoms with Crippen molar-refractivity contribution in [3.8, 4) is 0 Å². The molecule has 1 aliphatic heterocycles. The monoisotopic (exact) mass is 328 g/mol. The molecule has 3 heterocycles. The fraction of sp³-hybridized carbons (Fsp3) is 0.647. The van der Waals surface area contributed by atoms with E-state index in [1.807, 2.05) is 9.58 Å². The van der Waals surface area contributed by atoms with E-state index < -0.39 is 0 Å². The molecule has 7 heteroatoms. The number of amides is 1. The molecule has 7 nitrogen and oxygen atoms in total. The van der Waals surface area contributed by atoms with E-state index in [1.54, 1.807) is 12.4 Å². The van der Waals surface area contributed by atoms with Crippen LogP contribution in [0.25, 0.3) is 11.2 Å². The molecular formula is C17H24N6O. The van der Waals surface area contributed by atoms with Crippen LogP contribution >= 0.6 is 0 Å². The second-order valence-electron chi connectivity index (χ2n) is 7.18. The van der Waals surface area contributed by atoms with E-state index in [4.69, 9.17) is 5.10 Å². The van der Waals surface area contributed by atoms with Crippen LogP contribution in [0.1, 0.15) is 30.9 Å². The van der Waals surface area contributed by atoms with Crippen LogP contribution < -0.4 is 0 Å². The molecule has 1 unspecified atom stereocenters. The van der Waals surface area contributed by atoms with Crippen molar-refractivity contribution in [1.82, 2.24) is 29.5 Å². The fourth-order valence-corrected chi connectivity index (χ4v) is 3.42. The van der Waals surface area contributed by atoms with Gasteiger partial charge < -0.3 is 9.80 Å². The number of aromatic nitrogens is 4. The lowest BCUT2D eigenvalue weighted by Crippen LogP contribution is -2.29. The molecule has 0 bridgehead atoms. The first kappa shape index (κ1) is 15.5. The van der Waals surface area contributed by atoms with Crippen LogP contribution in [0.5, 0.6) is 0 Å². The Bertz CT molecular complexity index is 751. The van der Waals surface area contributed by atoms with E-state index in [0.29, 0.717) is 5.91 Å². The minimum atomic E-state index is 0.271. The summed E-state index contributed by atoms with van der Waals surface area (Å²) in [4.78, 5) is 25.5. The third-order valence-corrected chi connectivity index (χ3v) is 4.97. The molecule has 128 valence electrons. The zero-order chi connectivity index (χ0) is 16.7. The number of likely N-dealkylation sites (N-methyl/N-ethyl adjacent to an activating group) is 1. The van der Waals surface area contributed by atoms with Crippen LogP contribution in [0.2, 0.25) is 0 Å². The van der Waals surface area contributed by atoms with Crippen LogP contribution in [-0.4, -0.2) is 69.2 Å². The van der Waals surface area contributed by atoms with Crippen LogP contribution in [0.15, 0.2) is 12.4 Å². The van der Waals surface area contributed by atoms with Crippen molar-refractivity contribution in [3.63, 3.8) is 0 Å². The van der Waals surface area contributed by atoms with Crippen LogP contribution in [0, 0.1) is 5.92 Å². The highest BCUT2D eigenvalue weighted by atomic mass is 16.2. The summed E-state index contributed by atoms with van der Waals surface area (Å²) in [7, 11) is 4.10. The van der Waals surface area contributed by atoms with Crippen LogP contribution in [0.4, 0.5) is 0 Å². The quantitative estimate of drug-likeness (QED) is 0.823. The lowest BCUT2D eigenvalue weighted by Gasteiger charge is -2.15. The molecule has 1 atom stereocenters. The van der Waals surface area contributed by atoms with Gasteiger partial charge in [-0.15, -0.1) is 0 Å². The second-order valence-corrected chi connectivity index (χ2v) is 7.18. The molecule has 2 aliphatic rings. The first-order valence-corrected chi connectivity index (χ1v) is 8.74. The third kappa shape index (κ3) is 2.88. The van der Waals surface area contributed by atoms with E-state index in [9.17, 15) is 4.79 Å². The van der Waals surface area contributed by atoms with Crippen molar-refractivity contribution in [2.75, 3.05) is 33.7 Å². The van der Waals surface area contributed by atoms with E-state index in [1.165, 1.54) is 0 Å². The average molecular weight is 328 g/mol. The molecule has 2 aromatic heterocycles. The maximum Gasteiger partial charge on any atom is 0.225 e. The van der Waals surface area contributed by atoms with Crippen LogP contribution in [-0.2, 0) is 11.3 Å². The summed E-state index contributed by atoms with van der Waals surface area (Å²) in [5.74, 6) is 0.894. The third-order valence-electron chi connectivity index (χ3n) is 4.97. The summed E-state index contributed by atoms with van der Waals surface area (Å²) < 4.78 is 1.96. The van der Waals surface area contributed by atoms with Gasteiger partial charge in [-0.25, -0.2) is 14.6 Å². The van der Waals surface area contributed by atoms with Gasteiger partial charge in [-0.1, -0.05) is 0 Å². The van der Waals surface area contributed by atoms with Gasteiger partial charge in [0.25, 0.3) is 0 Å². The zero-order valence-corrected chi connectivity index (χ0v) is 14.4. The summed E-state index contributed by atoms with van der Waals surface area (Å²) >= 11 is 0. The Hall–Kier alpha value is -2.02. The summed E-state index contributed by atoms with van der Waals surface area (Å²) in [6.07, 6.45) is 6.54. The molecule has 1 saturated heterocycles. The van der Waals surface area contributed by atoms with Crippen molar-refractivity contribution < 1.29 is 4.79 Å². The highest BCUT2D eigenvalue weighted by Gasteiger charge is 2.38. The molecule has 1 amide bonds. The first-order valence-electron chi connectivity index (χ1n) is 8.74. The van der Waals surface area contributed by atoms with Gasteiger partial charge in [0.05, 0.1) is 12.2 Å². The summed E-state index contributed by atoms with van der Waals surface area (Å²) in [5.41, 5.74) is 2.74. The molecule has 2 aromatic rings. The van der Waals surface area contributed by atoms with Gasteiger partial charge in [-0.05, 0) is 33.4 Å². The van der Waals surface area contributed by atoms with Gasteiger partial charge in [0.2, 0.25) is 5.91 Å². The number of hydrogen-bond donors (Lipinski definition) is 0. The number of likely N-dealkylation sites (tertiary alicyclic amines) is 1. The summed E-state index contributed by atoms with van der Waals surface area (Å²) in [5, 5.41) is 4.82. The van der Waals surface area contributed by atoms with E-state index in [2.05, 4.69) is 29.0 Å². The van der Waals surface area contributed by atoms with Crippen molar-refractivity contribution in [2.24, 2.45) is 5.92 Å². The molecule has 0 aromatic carbocycles. The van der Waals surface area contributed by atoms with E-state index in [-0.39, 0.29) is 11.8 Å². The van der Waals surface area contributed by atoms with Crippen molar-refractivity contribution >= 4 is 17.1 Å². The van der Waals surface area contributed by atoms with Gasteiger partial charge >= 0.3 is 0 Å². The SMILES string of the molecule is CN(C)CCn1nc(C2CCN(C(=O)C3CC3)C2)c2nccnc21. The molecule has 0 spiro atoms. The van der Waals surface area contributed by atoms with Crippen molar-refractivity contribution in [1.29, 1.82) is 0 Å². The number of rotatable bonds is 5. The highest BCUT2D eigenvalue weighted by Crippen LogP contribution is 2.35. The number of carbonyl (C=O) groups excluding carboxylic acids is 1. The van der Waals surface area contributed by atoms with Gasteiger partial charge in [-0.3, -0.25) is 4.79 Å². The number of hydrogen-bond acceptors (Lipinski definition) is 5. The van der Waals surface area contributed by atoms with Crippen molar-refractivity contribution in [2.45, 2.75) is 31.7 Å². The van der Waals surface area contributed by atoms with Gasteiger partial charge in [0.1, 0.15) is 5.52 Å². The highest BCUT2D eigenvalue weighted by molar-refractivity contribution is 5.81. The minimum absolute atomic E-state index is 0.271. The maximum atomic E-state index is 12.3. The molecule has 24 heavy (non-hydrogen) atoms. The van der Waals surface area contributed by atoms with E-state index in [0.717, 1.165) is 62.3 Å². The number of nitrogens with zero attached hydrogens (tertiary/aromatic N) is 6. The normalized spacial score (nSPS) is 21.1. The van der Waals surface area contributed by atoms with Gasteiger partial charge in [0.15, 0.2) is 5.65 Å². The molecule has 1 saturated carbocycles. The Labute approximate surface area is 141 Å². The molecule has 1 aliphatic carbocycles. The smallest absolute Gasteiger partial charge is 0.225 e. The molecular weight excluding hydrogens is 304 g/mol. The van der Waals surface area contributed by atoms with Crippen LogP contribution in [0.3, 0.4) is 0 Å². The van der Waals surface area contributed by atoms with Gasteiger partial charge in [0, 0.05) is 43.9 Å². The Morgan fingerprint density at radius 3 is 2.79 bits per heavy atom. The lowest BCUT2D eigenvalue weighted by molar-refractivity contribution is -0.131.